The third kappa shape index (κ3) is 4.42. The smallest absolute Gasteiger partial charge is 0.349 e. The van der Waals surface area contributed by atoms with Gasteiger partial charge in [0.05, 0.1) is 12.7 Å². The Labute approximate surface area is 109 Å². The Balaban J connectivity index is 2.94. The lowest BCUT2D eigenvalue weighted by atomic mass is 9.89. The first-order valence-corrected chi connectivity index (χ1v) is 5.55. The fourth-order valence-electron chi connectivity index (χ4n) is 1.67. The summed E-state index contributed by atoms with van der Waals surface area (Å²) in [7, 11) is 0. The van der Waals surface area contributed by atoms with Gasteiger partial charge in [0.25, 0.3) is 0 Å². The molecule has 0 aliphatic heterocycles. The van der Waals surface area contributed by atoms with Crippen molar-refractivity contribution in [2.75, 3.05) is 0 Å². The molecule has 1 aromatic rings. The van der Waals surface area contributed by atoms with Crippen LogP contribution in [0.15, 0.2) is 36.6 Å². The molecule has 19 heavy (non-hydrogen) atoms. The molecule has 1 rings (SSSR count). The van der Waals surface area contributed by atoms with Crippen LogP contribution in [0, 0.1) is 5.41 Å². The number of allylic oxidation sites excluding steroid dienone is 1. The van der Waals surface area contributed by atoms with E-state index in [1.165, 1.54) is 18.2 Å². The van der Waals surface area contributed by atoms with Crippen molar-refractivity contribution >= 4 is 11.7 Å². The van der Waals surface area contributed by atoms with Crippen LogP contribution in [0.4, 0.5) is 4.53 Å². The number of carbonyl (C=O) groups is 1. The molecule has 3 N–H and O–H groups in total. The minimum atomic E-state index is -1.07. The van der Waals surface area contributed by atoms with E-state index in [1.807, 2.05) is 0 Å². The minimum Gasteiger partial charge on any atom is -0.516 e. The number of hydrogen-bond acceptors (Lipinski definition) is 5. The highest BCUT2D eigenvalue weighted by Crippen LogP contribution is 2.25. The van der Waals surface area contributed by atoms with Crippen molar-refractivity contribution in [3.8, 4) is 5.75 Å². The molecule has 6 heteroatoms. The largest absolute Gasteiger partial charge is 0.516 e. The van der Waals surface area contributed by atoms with Gasteiger partial charge in [-0.2, -0.15) is 0 Å². The molecule has 0 aromatic heterocycles. The normalized spacial score (nSPS) is 12.3. The summed E-state index contributed by atoms with van der Waals surface area (Å²) >= 11 is 0. The predicted molar refractivity (Wildman–Crippen MR) is 66.8 cm³/mol. The van der Waals surface area contributed by atoms with E-state index >= 15 is 0 Å². The van der Waals surface area contributed by atoms with E-state index in [2.05, 4.69) is 4.94 Å². The fraction of sp³-hybridized carbons (Fsp3) is 0.231. The molecular weight excluding hydrogens is 253 g/mol. The van der Waals surface area contributed by atoms with Gasteiger partial charge in [-0.1, -0.05) is 12.1 Å². The van der Waals surface area contributed by atoms with E-state index < -0.39 is 11.9 Å². The Morgan fingerprint density at radius 2 is 2.05 bits per heavy atom. The first-order chi connectivity index (χ1) is 9.08. The van der Waals surface area contributed by atoms with Crippen LogP contribution in [0.2, 0.25) is 0 Å². The number of aliphatic hydroxyl groups excluding tert-OH is 1. The molecule has 1 aromatic carbocycles. The van der Waals surface area contributed by atoms with Gasteiger partial charge in [0.2, 0.25) is 0 Å². The van der Waals surface area contributed by atoms with Gasteiger partial charge >= 0.3 is 5.97 Å². The summed E-state index contributed by atoms with van der Waals surface area (Å²) in [5, 5.41) is 25.6. The van der Waals surface area contributed by atoms with E-state index in [0.29, 0.717) is 5.56 Å². The number of aliphatic hydroxyl groups is 1. The molecule has 0 spiro atoms. The number of carbonyl (C=O) groups excluding carboxylic acids is 1. The first-order valence-electron chi connectivity index (χ1n) is 5.55. The van der Waals surface area contributed by atoms with Crippen molar-refractivity contribution in [3.05, 3.63) is 42.2 Å². The molecule has 0 aliphatic carbocycles. The molecular formula is C13H14FNO4. The fourth-order valence-corrected chi connectivity index (χ4v) is 1.67. The van der Waals surface area contributed by atoms with E-state index in [4.69, 9.17) is 10.5 Å². The number of nitrogens with one attached hydrogen (secondary N) is 1. The van der Waals surface area contributed by atoms with E-state index in [0.717, 1.165) is 6.26 Å². The van der Waals surface area contributed by atoms with Crippen LogP contribution in [0.1, 0.15) is 24.3 Å². The van der Waals surface area contributed by atoms with Crippen LogP contribution >= 0.6 is 0 Å². The van der Waals surface area contributed by atoms with Crippen LogP contribution in [0.3, 0.4) is 0 Å². The second-order valence-corrected chi connectivity index (χ2v) is 3.91. The van der Waals surface area contributed by atoms with Gasteiger partial charge in [0.15, 0.2) is 0 Å². The lowest BCUT2D eigenvalue weighted by Crippen LogP contribution is -2.16. The Hall–Kier alpha value is -2.37. The van der Waals surface area contributed by atoms with Gasteiger partial charge in [-0.05, 0) is 23.8 Å². The number of phenolic OH excluding ortho intramolecular Hbond substituents is 1. The van der Waals surface area contributed by atoms with Gasteiger partial charge in [-0.25, -0.2) is 4.79 Å². The number of aromatic hydroxyl groups is 1. The molecule has 1 atom stereocenters. The molecule has 1 unspecified atom stereocenters. The minimum absolute atomic E-state index is 0.0531. The Bertz CT molecular complexity index is 470. The highest BCUT2D eigenvalue weighted by Gasteiger charge is 2.21. The Morgan fingerprint density at radius 3 is 2.58 bits per heavy atom. The molecule has 0 heterocycles. The predicted octanol–water partition coefficient (Wildman–Crippen LogP) is 2.78. The Morgan fingerprint density at radius 1 is 1.42 bits per heavy atom. The average molecular weight is 267 g/mol. The maximum Gasteiger partial charge on any atom is 0.349 e. The lowest BCUT2D eigenvalue weighted by Gasteiger charge is -2.16. The number of benzene rings is 1. The summed E-state index contributed by atoms with van der Waals surface area (Å²) < 4.78 is 11.8. The summed E-state index contributed by atoms with van der Waals surface area (Å²) in [6.07, 6.45) is 1.95. The van der Waals surface area contributed by atoms with Crippen molar-refractivity contribution in [1.29, 1.82) is 5.41 Å². The average Bonchev–Trinajstić information content (AvgIpc) is 2.43. The standard InChI is InChI=1S/C13H14FNO4/c14-19-13(18)8-11(12(15)2-1-7-16)9-3-5-10(17)6-4-9/h1,3-7,11,15-17H,2,8H2/b7-1-,15-12?. The molecule has 102 valence electrons. The second kappa shape index (κ2) is 7.15. The second-order valence-electron chi connectivity index (χ2n) is 3.91. The number of hydrogen-bond donors (Lipinski definition) is 3. The van der Waals surface area contributed by atoms with Crippen molar-refractivity contribution < 1.29 is 24.5 Å². The molecule has 0 bridgehead atoms. The lowest BCUT2D eigenvalue weighted by molar-refractivity contribution is -0.183. The number of rotatable bonds is 6. The van der Waals surface area contributed by atoms with E-state index in [1.54, 1.807) is 12.1 Å². The van der Waals surface area contributed by atoms with Gasteiger partial charge in [0.1, 0.15) is 5.75 Å². The van der Waals surface area contributed by atoms with Gasteiger partial charge in [-0.3, -0.25) is 4.94 Å². The van der Waals surface area contributed by atoms with Crippen molar-refractivity contribution in [3.63, 3.8) is 0 Å². The topological polar surface area (TPSA) is 90.6 Å². The van der Waals surface area contributed by atoms with Crippen LogP contribution < -0.4 is 0 Å². The molecule has 5 nitrogen and oxygen atoms in total. The third-order valence-electron chi connectivity index (χ3n) is 2.62. The summed E-state index contributed by atoms with van der Waals surface area (Å²) in [5.74, 6) is -1.69. The maximum atomic E-state index is 11.8. The first kappa shape index (κ1) is 14.7. The van der Waals surface area contributed by atoms with Crippen molar-refractivity contribution in [1.82, 2.24) is 0 Å². The molecule has 0 aliphatic rings. The van der Waals surface area contributed by atoms with E-state index in [-0.39, 0.29) is 24.3 Å². The van der Waals surface area contributed by atoms with Crippen molar-refractivity contribution in [2.45, 2.75) is 18.8 Å². The molecule has 0 saturated carbocycles. The number of halogens is 1. The summed E-state index contributed by atoms with van der Waals surface area (Å²) in [6.45, 7) is 0. The van der Waals surface area contributed by atoms with Crippen LogP contribution in [-0.2, 0) is 9.74 Å². The zero-order valence-corrected chi connectivity index (χ0v) is 10.0. The van der Waals surface area contributed by atoms with Crippen molar-refractivity contribution in [2.24, 2.45) is 0 Å². The van der Waals surface area contributed by atoms with Gasteiger partial charge in [-0.15, -0.1) is 0 Å². The Kier molecular flexibility index (Phi) is 5.53. The van der Waals surface area contributed by atoms with Gasteiger partial charge in [0, 0.05) is 22.6 Å². The van der Waals surface area contributed by atoms with Crippen LogP contribution in [-0.4, -0.2) is 21.9 Å². The molecule has 0 amide bonds. The highest BCUT2D eigenvalue weighted by atomic mass is 19.3. The summed E-state index contributed by atoms with van der Waals surface area (Å²) in [5.41, 5.74) is 0.709. The van der Waals surface area contributed by atoms with Gasteiger partial charge < -0.3 is 15.6 Å². The quantitative estimate of drug-likeness (QED) is 0.546. The molecule has 0 radical (unpaired) electrons. The van der Waals surface area contributed by atoms with E-state index in [9.17, 15) is 14.4 Å². The molecule has 0 fully saturated rings. The maximum absolute atomic E-state index is 11.8. The molecule has 0 saturated heterocycles. The zero-order valence-electron chi connectivity index (χ0n) is 10.0. The number of phenols is 1. The van der Waals surface area contributed by atoms with Crippen LogP contribution in [0.25, 0.3) is 0 Å². The SMILES string of the molecule is N=C(C/C=C\O)C(CC(=O)OF)c1ccc(O)cc1. The third-order valence-corrected chi connectivity index (χ3v) is 2.62. The zero-order chi connectivity index (χ0) is 14.3. The summed E-state index contributed by atoms with van der Waals surface area (Å²) in [4.78, 5) is 14.2. The summed E-state index contributed by atoms with van der Waals surface area (Å²) in [6, 6.07) is 5.92. The van der Waals surface area contributed by atoms with Crippen LogP contribution in [0.5, 0.6) is 5.75 Å². The highest BCUT2D eigenvalue weighted by molar-refractivity contribution is 5.92. The monoisotopic (exact) mass is 267 g/mol.